The summed E-state index contributed by atoms with van der Waals surface area (Å²) in [6.07, 6.45) is 3.17. The number of aromatic hydroxyl groups is 1. The Morgan fingerprint density at radius 2 is 2.35 bits per heavy atom. The van der Waals surface area contributed by atoms with Crippen LogP contribution in [0.2, 0.25) is 5.02 Å². The van der Waals surface area contributed by atoms with Gasteiger partial charge in [0.1, 0.15) is 5.75 Å². The van der Waals surface area contributed by atoms with Crippen molar-refractivity contribution in [1.29, 1.82) is 0 Å². The molecule has 0 radical (unpaired) electrons. The lowest BCUT2D eigenvalue weighted by molar-refractivity contribution is 0.0695. The molecule has 1 atom stereocenters. The molecule has 1 heterocycles. The number of likely N-dealkylation sites (tertiary alicyclic amines) is 1. The molecule has 0 spiro atoms. The second kappa shape index (κ2) is 6.95. The fraction of sp³-hybridized carbons (Fsp3) is 0.533. The van der Waals surface area contributed by atoms with Crippen LogP contribution in [0.5, 0.6) is 5.75 Å². The molecule has 1 aliphatic rings. The number of piperidine rings is 1. The van der Waals surface area contributed by atoms with Crippen LogP contribution in [-0.4, -0.2) is 41.6 Å². The topological polar surface area (TPSA) is 52.6 Å². The first kappa shape index (κ1) is 15.1. The molecule has 1 amide bonds. The second-order valence-corrected chi connectivity index (χ2v) is 5.62. The maximum absolute atomic E-state index is 12.5. The highest BCUT2D eigenvalue weighted by molar-refractivity contribution is 6.33. The van der Waals surface area contributed by atoms with E-state index in [4.69, 9.17) is 11.6 Å². The summed E-state index contributed by atoms with van der Waals surface area (Å²) in [7, 11) is 0. The van der Waals surface area contributed by atoms with Crippen molar-refractivity contribution in [2.24, 2.45) is 0 Å². The molecule has 2 rings (SSSR count). The Kier molecular flexibility index (Phi) is 5.26. The summed E-state index contributed by atoms with van der Waals surface area (Å²) >= 11 is 6.06. The van der Waals surface area contributed by atoms with Crippen LogP contribution >= 0.6 is 11.6 Å². The minimum absolute atomic E-state index is 0.0652. The molecule has 20 heavy (non-hydrogen) atoms. The highest BCUT2D eigenvalue weighted by atomic mass is 35.5. The van der Waals surface area contributed by atoms with Crippen LogP contribution in [-0.2, 0) is 0 Å². The third kappa shape index (κ3) is 3.64. The summed E-state index contributed by atoms with van der Waals surface area (Å²) < 4.78 is 0. The van der Waals surface area contributed by atoms with Crippen LogP contribution in [0.4, 0.5) is 0 Å². The highest BCUT2D eigenvalue weighted by Gasteiger charge is 2.25. The van der Waals surface area contributed by atoms with Crippen LogP contribution in [0.15, 0.2) is 18.2 Å². The third-order valence-corrected chi connectivity index (χ3v) is 3.90. The van der Waals surface area contributed by atoms with E-state index in [1.807, 2.05) is 4.90 Å². The van der Waals surface area contributed by atoms with E-state index in [0.29, 0.717) is 23.2 Å². The monoisotopic (exact) mass is 296 g/mol. The van der Waals surface area contributed by atoms with E-state index in [1.54, 1.807) is 6.07 Å². The largest absolute Gasteiger partial charge is 0.508 e. The molecule has 1 aromatic carbocycles. The molecule has 0 aromatic heterocycles. The van der Waals surface area contributed by atoms with E-state index in [9.17, 15) is 9.90 Å². The van der Waals surface area contributed by atoms with Gasteiger partial charge in [0, 0.05) is 19.1 Å². The summed E-state index contributed by atoms with van der Waals surface area (Å²) in [6, 6.07) is 4.83. The molecule has 110 valence electrons. The van der Waals surface area contributed by atoms with Gasteiger partial charge in [-0.1, -0.05) is 18.5 Å². The molecule has 1 aliphatic heterocycles. The lowest BCUT2D eigenvalue weighted by atomic mass is 10.0. The maximum Gasteiger partial charge on any atom is 0.255 e. The van der Waals surface area contributed by atoms with Gasteiger partial charge in [0.15, 0.2) is 0 Å². The van der Waals surface area contributed by atoms with Crippen molar-refractivity contribution in [3.63, 3.8) is 0 Å². The van der Waals surface area contributed by atoms with Crippen molar-refractivity contribution in [2.75, 3.05) is 19.6 Å². The van der Waals surface area contributed by atoms with E-state index < -0.39 is 0 Å². The average molecular weight is 297 g/mol. The lowest BCUT2D eigenvalue weighted by Gasteiger charge is -2.33. The fourth-order valence-electron chi connectivity index (χ4n) is 2.52. The summed E-state index contributed by atoms with van der Waals surface area (Å²) in [4.78, 5) is 14.3. The Labute approximate surface area is 124 Å². The van der Waals surface area contributed by atoms with Gasteiger partial charge in [0.05, 0.1) is 10.6 Å². The Hall–Kier alpha value is -1.26. The van der Waals surface area contributed by atoms with Gasteiger partial charge >= 0.3 is 0 Å². The zero-order valence-electron chi connectivity index (χ0n) is 11.7. The van der Waals surface area contributed by atoms with Crippen molar-refractivity contribution in [1.82, 2.24) is 10.2 Å². The average Bonchev–Trinajstić information content (AvgIpc) is 2.47. The highest BCUT2D eigenvalue weighted by Crippen LogP contribution is 2.24. The number of rotatable bonds is 4. The predicted molar refractivity (Wildman–Crippen MR) is 80.3 cm³/mol. The standard InChI is InChI=1S/C15H21ClN2O2/c1-2-7-17-11-4-3-8-18(10-11)15(20)13-9-12(19)5-6-14(13)16/h5-6,9,11,17,19H,2-4,7-8,10H2,1H3. The number of carbonyl (C=O) groups excluding carboxylic acids is 1. The number of phenols is 1. The molecule has 1 unspecified atom stereocenters. The predicted octanol–water partition coefficient (Wildman–Crippen LogP) is 2.65. The molecule has 1 aromatic rings. The first-order valence-corrected chi connectivity index (χ1v) is 7.50. The number of hydrogen-bond acceptors (Lipinski definition) is 3. The van der Waals surface area contributed by atoms with Gasteiger partial charge in [0.25, 0.3) is 5.91 Å². The van der Waals surface area contributed by atoms with Gasteiger partial charge in [-0.2, -0.15) is 0 Å². The van der Waals surface area contributed by atoms with Crippen molar-refractivity contribution >= 4 is 17.5 Å². The molecular weight excluding hydrogens is 276 g/mol. The zero-order valence-corrected chi connectivity index (χ0v) is 12.5. The Morgan fingerprint density at radius 3 is 3.10 bits per heavy atom. The minimum atomic E-state index is -0.103. The normalized spacial score (nSPS) is 19.1. The van der Waals surface area contributed by atoms with Crippen LogP contribution in [0.1, 0.15) is 36.5 Å². The molecular formula is C15H21ClN2O2. The molecule has 0 bridgehead atoms. The van der Waals surface area contributed by atoms with Crippen molar-refractivity contribution in [3.05, 3.63) is 28.8 Å². The van der Waals surface area contributed by atoms with E-state index in [0.717, 1.165) is 32.4 Å². The molecule has 4 nitrogen and oxygen atoms in total. The van der Waals surface area contributed by atoms with Crippen molar-refractivity contribution in [3.8, 4) is 5.75 Å². The van der Waals surface area contributed by atoms with Gasteiger partial charge in [-0.15, -0.1) is 0 Å². The van der Waals surface area contributed by atoms with Crippen LogP contribution in [0.25, 0.3) is 0 Å². The van der Waals surface area contributed by atoms with Crippen LogP contribution in [0.3, 0.4) is 0 Å². The summed E-state index contributed by atoms with van der Waals surface area (Å²) in [5.74, 6) is -0.0377. The van der Waals surface area contributed by atoms with E-state index in [-0.39, 0.29) is 11.7 Å². The third-order valence-electron chi connectivity index (χ3n) is 3.57. The SMILES string of the molecule is CCCNC1CCCN(C(=O)c2cc(O)ccc2Cl)C1. The van der Waals surface area contributed by atoms with Gasteiger partial charge in [0.2, 0.25) is 0 Å². The molecule has 2 N–H and O–H groups in total. The summed E-state index contributed by atoms with van der Waals surface area (Å²) in [5, 5.41) is 13.4. The van der Waals surface area contributed by atoms with Crippen molar-refractivity contribution < 1.29 is 9.90 Å². The lowest BCUT2D eigenvalue weighted by Crippen LogP contribution is -2.48. The number of halogens is 1. The van der Waals surface area contributed by atoms with E-state index >= 15 is 0 Å². The van der Waals surface area contributed by atoms with E-state index in [1.165, 1.54) is 12.1 Å². The van der Waals surface area contributed by atoms with Gasteiger partial charge in [-0.05, 0) is 44.0 Å². The minimum Gasteiger partial charge on any atom is -0.508 e. The summed E-state index contributed by atoms with van der Waals surface area (Å²) in [5.41, 5.74) is 0.378. The number of benzene rings is 1. The first-order chi connectivity index (χ1) is 9.61. The maximum atomic E-state index is 12.5. The van der Waals surface area contributed by atoms with Gasteiger partial charge in [-0.3, -0.25) is 4.79 Å². The van der Waals surface area contributed by atoms with Gasteiger partial charge in [-0.25, -0.2) is 0 Å². The molecule has 5 heteroatoms. The Morgan fingerprint density at radius 1 is 1.55 bits per heavy atom. The molecule has 0 aliphatic carbocycles. The Balaban J connectivity index is 2.06. The van der Waals surface area contributed by atoms with Crippen LogP contribution < -0.4 is 5.32 Å². The van der Waals surface area contributed by atoms with E-state index in [2.05, 4.69) is 12.2 Å². The van der Waals surface area contributed by atoms with Gasteiger partial charge < -0.3 is 15.3 Å². The molecule has 0 saturated carbocycles. The number of amides is 1. The zero-order chi connectivity index (χ0) is 14.5. The van der Waals surface area contributed by atoms with Crippen molar-refractivity contribution in [2.45, 2.75) is 32.2 Å². The quantitative estimate of drug-likeness (QED) is 0.898. The number of nitrogens with one attached hydrogen (secondary N) is 1. The number of nitrogens with zero attached hydrogens (tertiary/aromatic N) is 1. The Bertz CT molecular complexity index is 479. The fourth-order valence-corrected chi connectivity index (χ4v) is 2.72. The molecule has 1 saturated heterocycles. The number of hydrogen-bond donors (Lipinski definition) is 2. The second-order valence-electron chi connectivity index (χ2n) is 5.21. The summed E-state index contributed by atoms with van der Waals surface area (Å²) in [6.45, 7) is 4.55. The number of carbonyl (C=O) groups is 1. The number of phenolic OH excluding ortho intramolecular Hbond substituents is 1. The smallest absolute Gasteiger partial charge is 0.255 e. The van der Waals surface area contributed by atoms with Crippen LogP contribution in [0, 0.1) is 0 Å². The first-order valence-electron chi connectivity index (χ1n) is 7.13. The molecule has 1 fully saturated rings.